The fourth-order valence-electron chi connectivity index (χ4n) is 0.778. The van der Waals surface area contributed by atoms with E-state index >= 15 is 0 Å². The monoisotopic (exact) mass is 222 g/mol. The third kappa shape index (κ3) is 5.55. The zero-order valence-electron chi connectivity index (χ0n) is 8.07. The molecule has 82 valence electrons. The number of carbonyl (C=O) groups is 1. The molecule has 6 nitrogen and oxygen atoms in total. The highest BCUT2D eigenvalue weighted by atomic mass is 32.2. The van der Waals surface area contributed by atoms with Crippen molar-refractivity contribution in [3.05, 3.63) is 11.8 Å². The van der Waals surface area contributed by atoms with Crippen LogP contribution in [0.15, 0.2) is 11.8 Å². The molecule has 0 atom stereocenters. The lowest BCUT2D eigenvalue weighted by molar-refractivity contribution is -0.117. The standard InChI is InChI=1S/C7H14N2O4S/c1-3-6(8-2)7(10)9-4-5-14(11,12)13/h3,8H,4-5H2,1-2H3,(H,9,10)(H,11,12,13)/b6-3-. The van der Waals surface area contributed by atoms with Crippen LogP contribution in [0.25, 0.3) is 0 Å². The lowest BCUT2D eigenvalue weighted by Gasteiger charge is -2.06. The number of rotatable bonds is 5. The highest BCUT2D eigenvalue weighted by molar-refractivity contribution is 7.85. The van der Waals surface area contributed by atoms with Gasteiger partial charge in [0, 0.05) is 13.6 Å². The number of allylic oxidation sites excluding steroid dienone is 1. The number of hydrogen-bond donors (Lipinski definition) is 3. The van der Waals surface area contributed by atoms with Gasteiger partial charge in [-0.2, -0.15) is 8.42 Å². The smallest absolute Gasteiger partial charge is 0.267 e. The van der Waals surface area contributed by atoms with Gasteiger partial charge in [0.15, 0.2) is 0 Å². The molecule has 0 aliphatic rings. The van der Waals surface area contributed by atoms with Crippen molar-refractivity contribution in [2.24, 2.45) is 0 Å². The van der Waals surface area contributed by atoms with Crippen LogP contribution >= 0.6 is 0 Å². The third-order valence-electron chi connectivity index (χ3n) is 1.45. The van der Waals surface area contributed by atoms with E-state index in [0.717, 1.165) is 0 Å². The Morgan fingerprint density at radius 1 is 1.50 bits per heavy atom. The Hall–Kier alpha value is -1.08. The van der Waals surface area contributed by atoms with Gasteiger partial charge in [0.25, 0.3) is 16.0 Å². The molecule has 0 rings (SSSR count). The van der Waals surface area contributed by atoms with Crippen LogP contribution in [0.4, 0.5) is 0 Å². The quantitative estimate of drug-likeness (QED) is 0.414. The van der Waals surface area contributed by atoms with Crippen molar-refractivity contribution < 1.29 is 17.8 Å². The Morgan fingerprint density at radius 3 is 2.43 bits per heavy atom. The fourth-order valence-corrected chi connectivity index (χ4v) is 1.14. The molecular formula is C7H14N2O4S. The first-order valence-electron chi connectivity index (χ1n) is 3.98. The van der Waals surface area contributed by atoms with Gasteiger partial charge in [-0.15, -0.1) is 0 Å². The van der Waals surface area contributed by atoms with E-state index in [-0.39, 0.29) is 6.54 Å². The lowest BCUT2D eigenvalue weighted by atomic mass is 10.4. The molecule has 0 spiro atoms. The molecule has 14 heavy (non-hydrogen) atoms. The van der Waals surface area contributed by atoms with Gasteiger partial charge < -0.3 is 10.6 Å². The number of carbonyl (C=O) groups excluding carboxylic acids is 1. The Bertz CT molecular complexity index is 321. The second-order valence-electron chi connectivity index (χ2n) is 2.49. The molecule has 0 aromatic rings. The second-order valence-corrected chi connectivity index (χ2v) is 4.07. The molecule has 0 saturated heterocycles. The fraction of sp³-hybridized carbons (Fsp3) is 0.571. The van der Waals surface area contributed by atoms with Crippen LogP contribution < -0.4 is 10.6 Å². The Kier molecular flexibility index (Phi) is 5.18. The van der Waals surface area contributed by atoms with Crippen molar-refractivity contribution in [1.29, 1.82) is 0 Å². The minimum Gasteiger partial charge on any atom is -0.384 e. The van der Waals surface area contributed by atoms with Crippen LogP contribution in [0.1, 0.15) is 6.92 Å². The van der Waals surface area contributed by atoms with Gasteiger partial charge in [-0.25, -0.2) is 0 Å². The van der Waals surface area contributed by atoms with E-state index in [1.54, 1.807) is 20.0 Å². The van der Waals surface area contributed by atoms with Crippen LogP contribution in [-0.2, 0) is 14.9 Å². The van der Waals surface area contributed by atoms with E-state index in [1.807, 2.05) is 0 Å². The number of likely N-dealkylation sites (N-methyl/N-ethyl adjacent to an activating group) is 1. The van der Waals surface area contributed by atoms with E-state index in [0.29, 0.717) is 5.70 Å². The van der Waals surface area contributed by atoms with Gasteiger partial charge in [-0.3, -0.25) is 9.35 Å². The summed E-state index contributed by atoms with van der Waals surface area (Å²) in [4.78, 5) is 11.2. The molecule has 0 aliphatic heterocycles. The molecule has 0 fully saturated rings. The third-order valence-corrected chi connectivity index (χ3v) is 2.17. The molecule has 0 aliphatic carbocycles. The summed E-state index contributed by atoms with van der Waals surface area (Å²) in [5.74, 6) is -0.891. The molecule has 7 heteroatoms. The van der Waals surface area contributed by atoms with Crippen LogP contribution in [0.2, 0.25) is 0 Å². The maximum Gasteiger partial charge on any atom is 0.267 e. The molecule has 0 radical (unpaired) electrons. The van der Waals surface area contributed by atoms with Crippen molar-refractivity contribution in [1.82, 2.24) is 10.6 Å². The van der Waals surface area contributed by atoms with Crippen molar-refractivity contribution in [3.63, 3.8) is 0 Å². The molecule has 1 amide bonds. The first-order valence-corrected chi connectivity index (χ1v) is 5.59. The maximum absolute atomic E-state index is 11.2. The summed E-state index contributed by atoms with van der Waals surface area (Å²) in [6.45, 7) is 1.56. The van der Waals surface area contributed by atoms with Crippen molar-refractivity contribution >= 4 is 16.0 Å². The Morgan fingerprint density at radius 2 is 2.07 bits per heavy atom. The first kappa shape index (κ1) is 12.9. The van der Waals surface area contributed by atoms with E-state index < -0.39 is 21.8 Å². The molecule has 0 unspecified atom stereocenters. The molecule has 0 saturated carbocycles. The summed E-state index contributed by atoms with van der Waals surface area (Å²) >= 11 is 0. The van der Waals surface area contributed by atoms with Crippen LogP contribution in [0, 0.1) is 0 Å². The van der Waals surface area contributed by atoms with Crippen LogP contribution in [0.5, 0.6) is 0 Å². The van der Waals surface area contributed by atoms with Crippen LogP contribution in [0.3, 0.4) is 0 Å². The minimum absolute atomic E-state index is 0.114. The Balaban J connectivity index is 3.98. The van der Waals surface area contributed by atoms with Crippen molar-refractivity contribution in [2.75, 3.05) is 19.3 Å². The molecule has 0 aromatic carbocycles. The van der Waals surface area contributed by atoms with Gasteiger partial charge in [0.1, 0.15) is 0 Å². The van der Waals surface area contributed by atoms with Gasteiger partial charge in [0.05, 0.1) is 11.4 Å². The average molecular weight is 222 g/mol. The highest BCUT2D eigenvalue weighted by Crippen LogP contribution is 1.87. The minimum atomic E-state index is -4.01. The zero-order valence-corrected chi connectivity index (χ0v) is 8.89. The normalized spacial score (nSPS) is 12.4. The molecule has 3 N–H and O–H groups in total. The summed E-state index contributed by atoms with van der Waals surface area (Å²) < 4.78 is 29.0. The summed E-state index contributed by atoms with van der Waals surface area (Å²) in [5, 5.41) is 4.97. The molecule has 0 heterocycles. The molecule has 0 aromatic heterocycles. The van der Waals surface area contributed by atoms with Gasteiger partial charge in [0.2, 0.25) is 0 Å². The summed E-state index contributed by atoms with van der Waals surface area (Å²) in [7, 11) is -2.43. The second kappa shape index (κ2) is 5.61. The summed E-state index contributed by atoms with van der Waals surface area (Å²) in [6, 6.07) is 0. The average Bonchev–Trinajstić information content (AvgIpc) is 2.04. The van der Waals surface area contributed by atoms with E-state index in [9.17, 15) is 13.2 Å². The van der Waals surface area contributed by atoms with Crippen molar-refractivity contribution in [2.45, 2.75) is 6.92 Å². The highest BCUT2D eigenvalue weighted by Gasteiger charge is 2.08. The van der Waals surface area contributed by atoms with Gasteiger partial charge in [-0.1, -0.05) is 6.08 Å². The molecular weight excluding hydrogens is 208 g/mol. The topological polar surface area (TPSA) is 95.5 Å². The summed E-state index contributed by atoms with van der Waals surface area (Å²) in [5.41, 5.74) is 0.348. The number of nitrogens with one attached hydrogen (secondary N) is 2. The maximum atomic E-state index is 11.2. The van der Waals surface area contributed by atoms with E-state index in [4.69, 9.17) is 4.55 Å². The SMILES string of the molecule is C/C=C(\NC)C(=O)NCCS(=O)(=O)O. The van der Waals surface area contributed by atoms with Crippen molar-refractivity contribution in [3.8, 4) is 0 Å². The predicted molar refractivity (Wildman–Crippen MR) is 52.2 cm³/mol. The van der Waals surface area contributed by atoms with E-state index in [1.165, 1.54) is 0 Å². The molecule has 0 bridgehead atoms. The Labute approximate surface area is 83.1 Å². The lowest BCUT2D eigenvalue weighted by Crippen LogP contribution is -2.33. The predicted octanol–water partition coefficient (Wildman–Crippen LogP) is -0.886. The number of amides is 1. The van der Waals surface area contributed by atoms with Gasteiger partial charge >= 0.3 is 0 Å². The van der Waals surface area contributed by atoms with E-state index in [2.05, 4.69) is 10.6 Å². The van der Waals surface area contributed by atoms with Crippen LogP contribution in [-0.4, -0.2) is 38.2 Å². The summed E-state index contributed by atoms with van der Waals surface area (Å²) in [6.07, 6.45) is 1.56. The number of hydrogen-bond acceptors (Lipinski definition) is 4. The largest absolute Gasteiger partial charge is 0.384 e. The zero-order chi connectivity index (χ0) is 11.2. The first-order chi connectivity index (χ1) is 6.40. The van der Waals surface area contributed by atoms with Gasteiger partial charge in [-0.05, 0) is 6.92 Å².